The molecule has 1 fully saturated rings. The Kier molecular flexibility index (Phi) is 5.31. The molecule has 3 heterocycles. The van der Waals surface area contributed by atoms with Crippen LogP contribution in [-0.2, 0) is 11.8 Å². The van der Waals surface area contributed by atoms with Gasteiger partial charge in [-0.05, 0) is 31.2 Å². The summed E-state index contributed by atoms with van der Waals surface area (Å²) >= 11 is 0. The van der Waals surface area contributed by atoms with Gasteiger partial charge in [-0.15, -0.1) is 0 Å². The van der Waals surface area contributed by atoms with Gasteiger partial charge >= 0.3 is 5.97 Å². The van der Waals surface area contributed by atoms with Crippen molar-refractivity contribution in [3.8, 4) is 0 Å². The van der Waals surface area contributed by atoms with E-state index in [9.17, 15) is 9.59 Å². The molecule has 0 saturated carbocycles. The number of hydrogen-bond donors (Lipinski definition) is 1. The van der Waals surface area contributed by atoms with Crippen LogP contribution in [0, 0.1) is 0 Å². The summed E-state index contributed by atoms with van der Waals surface area (Å²) in [5, 5.41) is 0.413. The van der Waals surface area contributed by atoms with Gasteiger partial charge in [0, 0.05) is 51.0 Å². The Morgan fingerprint density at radius 1 is 1.17 bits per heavy atom. The monoisotopic (exact) mass is 407 g/mol. The molecule has 0 aliphatic carbocycles. The fraction of sp³-hybridized carbons (Fsp3) is 0.318. The summed E-state index contributed by atoms with van der Waals surface area (Å²) in [5.41, 5.74) is 8.13. The normalized spacial score (nSPS) is 14.2. The maximum atomic E-state index is 12.8. The lowest BCUT2D eigenvalue weighted by Gasteiger charge is -2.37. The number of nitrogens with two attached hydrogens (primary N) is 1. The molecule has 1 aliphatic heterocycles. The lowest BCUT2D eigenvalue weighted by molar-refractivity contribution is 0.0524. The quantitative estimate of drug-likeness (QED) is 0.522. The molecule has 0 atom stereocenters. The number of aromatic nitrogens is 2. The zero-order valence-electron chi connectivity index (χ0n) is 17.2. The van der Waals surface area contributed by atoms with Crippen molar-refractivity contribution in [1.82, 2.24) is 9.55 Å². The second-order valence-electron chi connectivity index (χ2n) is 7.29. The number of nitrogens with zero attached hydrogens (tertiary/aromatic N) is 4. The number of fused-ring (bicyclic) bond motifs is 1. The summed E-state index contributed by atoms with van der Waals surface area (Å²) in [7, 11) is 1.81. The Bertz CT molecular complexity index is 1130. The molecule has 8 heteroatoms. The van der Waals surface area contributed by atoms with Crippen LogP contribution in [-0.4, -0.2) is 48.3 Å². The van der Waals surface area contributed by atoms with Crippen molar-refractivity contribution in [2.45, 2.75) is 6.92 Å². The zero-order chi connectivity index (χ0) is 21.3. The highest BCUT2D eigenvalue weighted by Gasteiger charge is 2.22. The molecule has 0 amide bonds. The average molecular weight is 407 g/mol. The maximum absolute atomic E-state index is 12.8. The van der Waals surface area contributed by atoms with Crippen molar-refractivity contribution in [1.29, 1.82) is 0 Å². The SMILES string of the molecule is CCOC(=O)c1cn(C)c2cc(N3CCN(c4ccccn4)CC3)c(N)cc2c1=O. The van der Waals surface area contributed by atoms with Crippen LogP contribution in [0.5, 0.6) is 0 Å². The molecular formula is C22H25N5O3. The average Bonchev–Trinajstić information content (AvgIpc) is 2.77. The van der Waals surface area contributed by atoms with Crippen molar-refractivity contribution < 1.29 is 9.53 Å². The minimum absolute atomic E-state index is 0.0166. The molecule has 1 aliphatic rings. The number of aryl methyl sites for hydroxylation is 1. The number of piperazine rings is 1. The Morgan fingerprint density at radius 3 is 2.57 bits per heavy atom. The predicted octanol–water partition coefficient (Wildman–Crippen LogP) is 2.02. The van der Waals surface area contributed by atoms with Crippen molar-refractivity contribution in [3.05, 3.63) is 58.5 Å². The minimum atomic E-state index is -0.617. The third-order valence-corrected chi connectivity index (χ3v) is 5.43. The number of anilines is 3. The van der Waals surface area contributed by atoms with Gasteiger partial charge in [-0.1, -0.05) is 6.07 Å². The molecular weight excluding hydrogens is 382 g/mol. The standard InChI is InChI=1S/C22H25N5O3/c1-3-30-22(29)16-14-25(2)18-13-19(17(23)12-15(18)21(16)28)26-8-10-27(11-9-26)20-6-4-5-7-24-20/h4-7,12-14H,3,8-11,23H2,1-2H3. The van der Waals surface area contributed by atoms with Gasteiger partial charge in [0.25, 0.3) is 0 Å². The molecule has 2 N–H and O–H groups in total. The number of carbonyl (C=O) groups is 1. The summed E-state index contributed by atoms with van der Waals surface area (Å²) in [5.74, 6) is 0.353. The molecule has 1 saturated heterocycles. The van der Waals surface area contributed by atoms with Crippen molar-refractivity contribution in [2.75, 3.05) is 48.3 Å². The summed E-state index contributed by atoms with van der Waals surface area (Å²) in [4.78, 5) is 33.9. The molecule has 30 heavy (non-hydrogen) atoms. The fourth-order valence-electron chi connectivity index (χ4n) is 3.88. The van der Waals surface area contributed by atoms with Gasteiger partial charge in [-0.25, -0.2) is 9.78 Å². The second kappa shape index (κ2) is 8.06. The van der Waals surface area contributed by atoms with E-state index in [1.165, 1.54) is 6.20 Å². The first-order valence-corrected chi connectivity index (χ1v) is 10.0. The largest absolute Gasteiger partial charge is 0.462 e. The number of pyridine rings is 2. The van der Waals surface area contributed by atoms with E-state index in [2.05, 4.69) is 14.8 Å². The van der Waals surface area contributed by atoms with Crippen molar-refractivity contribution >= 4 is 34.1 Å². The Hall–Kier alpha value is -3.55. The number of ether oxygens (including phenoxy) is 1. The van der Waals surface area contributed by atoms with Crippen molar-refractivity contribution in [2.24, 2.45) is 7.05 Å². The molecule has 8 nitrogen and oxygen atoms in total. The molecule has 0 spiro atoms. The summed E-state index contributed by atoms with van der Waals surface area (Å²) in [6.07, 6.45) is 3.33. The summed E-state index contributed by atoms with van der Waals surface area (Å²) in [6, 6.07) is 9.50. The van der Waals surface area contributed by atoms with Gasteiger partial charge in [0.1, 0.15) is 11.4 Å². The van der Waals surface area contributed by atoms with E-state index < -0.39 is 5.97 Å². The summed E-state index contributed by atoms with van der Waals surface area (Å²) < 4.78 is 6.78. The number of rotatable bonds is 4. The van der Waals surface area contributed by atoms with Crippen LogP contribution in [0.25, 0.3) is 10.9 Å². The fourth-order valence-corrected chi connectivity index (χ4v) is 3.88. The molecule has 0 unspecified atom stereocenters. The Labute approximate surface area is 174 Å². The van der Waals surface area contributed by atoms with Crippen molar-refractivity contribution in [3.63, 3.8) is 0 Å². The predicted molar refractivity (Wildman–Crippen MR) is 118 cm³/mol. The Morgan fingerprint density at radius 2 is 1.90 bits per heavy atom. The highest BCUT2D eigenvalue weighted by Crippen LogP contribution is 2.29. The van der Waals surface area contributed by atoms with E-state index in [0.29, 0.717) is 11.1 Å². The number of hydrogen-bond acceptors (Lipinski definition) is 7. The topological polar surface area (TPSA) is 93.7 Å². The van der Waals surface area contributed by atoms with E-state index >= 15 is 0 Å². The van der Waals surface area contributed by atoms with Crippen LogP contribution in [0.2, 0.25) is 0 Å². The lowest BCUT2D eigenvalue weighted by Crippen LogP contribution is -2.47. The van der Waals surface area contributed by atoms with Gasteiger partial charge in [-0.3, -0.25) is 4.79 Å². The van der Waals surface area contributed by atoms with Gasteiger partial charge in [0.2, 0.25) is 5.43 Å². The number of esters is 1. The van der Waals surface area contributed by atoms with Gasteiger partial charge < -0.3 is 24.8 Å². The second-order valence-corrected chi connectivity index (χ2v) is 7.29. The highest BCUT2D eigenvalue weighted by molar-refractivity contribution is 5.96. The van der Waals surface area contributed by atoms with Crippen LogP contribution in [0.3, 0.4) is 0 Å². The minimum Gasteiger partial charge on any atom is -0.462 e. The van der Waals surface area contributed by atoms with Gasteiger partial charge in [-0.2, -0.15) is 0 Å². The lowest BCUT2D eigenvalue weighted by atomic mass is 10.1. The van der Waals surface area contributed by atoms with Gasteiger partial charge in [0.05, 0.1) is 23.5 Å². The molecule has 1 aromatic carbocycles. The van der Waals surface area contributed by atoms with E-state index in [-0.39, 0.29) is 17.6 Å². The van der Waals surface area contributed by atoms with Crippen LogP contribution in [0.15, 0.2) is 47.5 Å². The van der Waals surface area contributed by atoms with E-state index in [1.807, 2.05) is 31.3 Å². The van der Waals surface area contributed by atoms with Crippen LogP contribution < -0.4 is 21.0 Å². The van der Waals surface area contributed by atoms with Crippen LogP contribution in [0.4, 0.5) is 17.2 Å². The number of benzene rings is 1. The zero-order valence-corrected chi connectivity index (χ0v) is 17.2. The molecule has 2 aromatic heterocycles. The van der Waals surface area contributed by atoms with Crippen LogP contribution in [0.1, 0.15) is 17.3 Å². The molecule has 156 valence electrons. The third kappa shape index (κ3) is 3.56. The maximum Gasteiger partial charge on any atom is 0.343 e. The van der Waals surface area contributed by atoms with E-state index in [4.69, 9.17) is 10.5 Å². The van der Waals surface area contributed by atoms with E-state index in [1.54, 1.807) is 23.8 Å². The van der Waals surface area contributed by atoms with Gasteiger partial charge in [0.15, 0.2) is 0 Å². The number of nitrogen functional groups attached to an aromatic ring is 1. The van der Waals surface area contributed by atoms with Crippen LogP contribution >= 0.6 is 0 Å². The third-order valence-electron chi connectivity index (χ3n) is 5.43. The summed E-state index contributed by atoms with van der Waals surface area (Å²) in [6.45, 7) is 5.17. The van der Waals surface area contributed by atoms with E-state index in [0.717, 1.165) is 43.2 Å². The smallest absolute Gasteiger partial charge is 0.343 e. The Balaban J connectivity index is 1.64. The first-order valence-electron chi connectivity index (χ1n) is 10.0. The molecule has 4 rings (SSSR count). The highest BCUT2D eigenvalue weighted by atomic mass is 16.5. The molecule has 0 radical (unpaired) electrons. The molecule has 0 bridgehead atoms. The number of carbonyl (C=O) groups excluding carboxylic acids is 1. The molecule has 3 aromatic rings. The first kappa shape index (κ1) is 19.8. The first-order chi connectivity index (χ1) is 14.5.